The van der Waals surface area contributed by atoms with Gasteiger partial charge in [-0.05, 0) is 26.3 Å². The molecule has 0 spiro atoms. The minimum atomic E-state index is -0.788. The molecular formula is C13H17NO4. The van der Waals surface area contributed by atoms with E-state index in [1.165, 1.54) is 0 Å². The van der Waals surface area contributed by atoms with Crippen LogP contribution in [0.5, 0.6) is 0 Å². The van der Waals surface area contributed by atoms with Gasteiger partial charge in [-0.25, -0.2) is 9.59 Å². The summed E-state index contributed by atoms with van der Waals surface area (Å²) in [5.74, 6) is -0.549. The second kappa shape index (κ2) is 6.05. The van der Waals surface area contributed by atoms with Crippen LogP contribution >= 0.6 is 0 Å². The average Bonchev–Trinajstić information content (AvgIpc) is 2.25. The second-order valence-electron chi connectivity index (χ2n) is 4.74. The van der Waals surface area contributed by atoms with Crippen LogP contribution in [0, 0.1) is 0 Å². The molecule has 0 aromatic heterocycles. The minimum Gasteiger partial charge on any atom is -0.442 e. The number of hydrogen-bond acceptors (Lipinski definition) is 4. The van der Waals surface area contributed by atoms with Gasteiger partial charge in [-0.1, -0.05) is 30.3 Å². The Balaban J connectivity index is 2.32. The van der Waals surface area contributed by atoms with E-state index >= 15 is 0 Å². The van der Waals surface area contributed by atoms with Crippen molar-refractivity contribution in [2.45, 2.75) is 32.8 Å². The largest absolute Gasteiger partial charge is 0.442 e. The summed E-state index contributed by atoms with van der Waals surface area (Å²) in [5, 5.41) is 0. The van der Waals surface area contributed by atoms with E-state index in [0.717, 1.165) is 5.56 Å². The smallest absolute Gasteiger partial charge is 0.441 e. The van der Waals surface area contributed by atoms with E-state index in [4.69, 9.17) is 4.74 Å². The Morgan fingerprint density at radius 3 is 2.33 bits per heavy atom. The lowest BCUT2D eigenvalue weighted by Gasteiger charge is -2.19. The van der Waals surface area contributed by atoms with Crippen LogP contribution in [0.3, 0.4) is 0 Å². The Labute approximate surface area is 106 Å². The normalized spacial score (nSPS) is 10.6. The Morgan fingerprint density at radius 2 is 1.78 bits per heavy atom. The van der Waals surface area contributed by atoms with Gasteiger partial charge in [0, 0.05) is 0 Å². The highest BCUT2D eigenvalue weighted by Crippen LogP contribution is 2.06. The molecule has 1 N–H and O–H groups in total. The van der Waals surface area contributed by atoms with Crippen LogP contribution in [0.1, 0.15) is 26.3 Å². The zero-order valence-corrected chi connectivity index (χ0v) is 10.7. The maximum Gasteiger partial charge on any atom is 0.441 e. The van der Waals surface area contributed by atoms with Gasteiger partial charge in [0.25, 0.3) is 0 Å². The van der Waals surface area contributed by atoms with Crippen molar-refractivity contribution in [1.82, 2.24) is 5.48 Å². The summed E-state index contributed by atoms with van der Waals surface area (Å²) in [5.41, 5.74) is 2.13. The van der Waals surface area contributed by atoms with Gasteiger partial charge in [0.15, 0.2) is 0 Å². The van der Waals surface area contributed by atoms with E-state index in [2.05, 4.69) is 4.84 Å². The van der Waals surface area contributed by atoms with Gasteiger partial charge < -0.3 is 9.57 Å². The van der Waals surface area contributed by atoms with Crippen LogP contribution in [0.2, 0.25) is 0 Å². The van der Waals surface area contributed by atoms with Crippen molar-refractivity contribution in [3.8, 4) is 0 Å². The summed E-state index contributed by atoms with van der Waals surface area (Å²) in [4.78, 5) is 27.2. The van der Waals surface area contributed by atoms with Crippen molar-refractivity contribution in [2.75, 3.05) is 0 Å². The average molecular weight is 251 g/mol. The van der Waals surface area contributed by atoms with E-state index in [-0.39, 0.29) is 6.42 Å². The molecule has 1 rings (SSSR count). The predicted molar refractivity (Wildman–Crippen MR) is 65.6 cm³/mol. The molecule has 1 aromatic rings. The monoisotopic (exact) mass is 251 g/mol. The third-order valence-corrected chi connectivity index (χ3v) is 1.84. The van der Waals surface area contributed by atoms with Gasteiger partial charge in [-0.15, -0.1) is 5.48 Å². The fourth-order valence-electron chi connectivity index (χ4n) is 1.20. The highest BCUT2D eigenvalue weighted by atomic mass is 16.7. The molecule has 0 heterocycles. The Morgan fingerprint density at radius 1 is 1.17 bits per heavy atom. The number of benzene rings is 1. The van der Waals surface area contributed by atoms with Crippen LogP contribution in [0.25, 0.3) is 0 Å². The van der Waals surface area contributed by atoms with E-state index < -0.39 is 17.7 Å². The summed E-state index contributed by atoms with van der Waals surface area (Å²) in [6.45, 7) is 5.16. The van der Waals surface area contributed by atoms with E-state index in [0.29, 0.717) is 0 Å². The summed E-state index contributed by atoms with van der Waals surface area (Å²) < 4.78 is 4.91. The summed E-state index contributed by atoms with van der Waals surface area (Å²) in [6.07, 6.45) is -0.694. The predicted octanol–water partition coefficient (Wildman–Crippen LogP) is 2.21. The maximum absolute atomic E-state index is 11.4. The van der Waals surface area contributed by atoms with Gasteiger partial charge in [0.2, 0.25) is 0 Å². The topological polar surface area (TPSA) is 64.6 Å². The van der Waals surface area contributed by atoms with E-state index in [9.17, 15) is 9.59 Å². The van der Waals surface area contributed by atoms with Crippen LogP contribution in [0.15, 0.2) is 30.3 Å². The van der Waals surface area contributed by atoms with Crippen molar-refractivity contribution in [3.05, 3.63) is 35.9 Å². The first-order chi connectivity index (χ1) is 8.37. The number of carbonyl (C=O) groups excluding carboxylic acids is 2. The summed E-state index contributed by atoms with van der Waals surface area (Å²) in [7, 11) is 0. The molecular weight excluding hydrogens is 234 g/mol. The number of ether oxygens (including phenoxy) is 1. The van der Waals surface area contributed by atoms with Crippen molar-refractivity contribution in [1.29, 1.82) is 0 Å². The summed E-state index contributed by atoms with van der Waals surface area (Å²) >= 11 is 0. The van der Waals surface area contributed by atoms with Crippen LogP contribution in [0.4, 0.5) is 4.79 Å². The lowest BCUT2D eigenvalue weighted by molar-refractivity contribution is -0.149. The molecule has 1 aromatic carbocycles. The standard InChI is InChI=1S/C13H17NO4/c1-13(2,3)17-12(16)14-18-11(15)9-10-7-5-4-6-8-10/h4-8H,9H2,1-3H3,(H,14,16). The molecule has 0 bridgehead atoms. The Kier molecular flexibility index (Phi) is 4.71. The molecule has 1 amide bonds. The quantitative estimate of drug-likeness (QED) is 0.818. The Hall–Kier alpha value is -2.04. The van der Waals surface area contributed by atoms with Gasteiger partial charge in [0.05, 0.1) is 6.42 Å². The fourth-order valence-corrected chi connectivity index (χ4v) is 1.20. The maximum atomic E-state index is 11.4. The Bertz CT molecular complexity index is 409. The van der Waals surface area contributed by atoms with Crippen LogP contribution < -0.4 is 5.48 Å². The molecule has 0 fully saturated rings. The van der Waals surface area contributed by atoms with E-state index in [1.54, 1.807) is 32.9 Å². The number of carbonyl (C=O) groups is 2. The molecule has 0 unspecified atom stereocenters. The van der Waals surface area contributed by atoms with Crippen molar-refractivity contribution in [2.24, 2.45) is 0 Å². The van der Waals surface area contributed by atoms with Crippen molar-refractivity contribution < 1.29 is 19.2 Å². The molecule has 0 aliphatic carbocycles. The molecule has 0 aliphatic rings. The number of hydroxylamine groups is 1. The third kappa shape index (κ3) is 5.89. The van der Waals surface area contributed by atoms with Crippen LogP contribution in [-0.2, 0) is 20.8 Å². The molecule has 5 heteroatoms. The lowest BCUT2D eigenvalue weighted by Crippen LogP contribution is -2.34. The SMILES string of the molecule is CC(C)(C)OC(=O)NOC(=O)Cc1ccccc1. The van der Waals surface area contributed by atoms with Crippen molar-refractivity contribution >= 4 is 12.1 Å². The molecule has 98 valence electrons. The van der Waals surface area contributed by atoms with E-state index in [1.807, 2.05) is 23.7 Å². The highest BCUT2D eigenvalue weighted by Gasteiger charge is 2.17. The van der Waals surface area contributed by atoms with Crippen LogP contribution in [-0.4, -0.2) is 17.7 Å². The number of nitrogens with one attached hydrogen (secondary N) is 1. The first-order valence-electron chi connectivity index (χ1n) is 5.59. The zero-order chi connectivity index (χ0) is 13.6. The number of amides is 1. The first-order valence-corrected chi connectivity index (χ1v) is 5.59. The molecule has 0 saturated heterocycles. The molecule has 18 heavy (non-hydrogen) atoms. The molecule has 0 radical (unpaired) electrons. The van der Waals surface area contributed by atoms with Gasteiger partial charge in [-0.2, -0.15) is 0 Å². The van der Waals surface area contributed by atoms with Crippen molar-refractivity contribution in [3.63, 3.8) is 0 Å². The third-order valence-electron chi connectivity index (χ3n) is 1.84. The van der Waals surface area contributed by atoms with Gasteiger partial charge in [-0.3, -0.25) is 0 Å². The zero-order valence-electron chi connectivity index (χ0n) is 10.7. The fraction of sp³-hybridized carbons (Fsp3) is 0.385. The lowest BCUT2D eigenvalue weighted by atomic mass is 10.2. The van der Waals surface area contributed by atoms with Gasteiger partial charge in [0.1, 0.15) is 5.60 Å². The molecule has 0 saturated carbocycles. The summed E-state index contributed by atoms with van der Waals surface area (Å²) in [6, 6.07) is 9.10. The highest BCUT2D eigenvalue weighted by molar-refractivity contribution is 5.75. The number of hydrogen-bond donors (Lipinski definition) is 1. The first kappa shape index (κ1) is 14.0. The number of rotatable bonds is 2. The molecule has 5 nitrogen and oxygen atoms in total. The minimum absolute atomic E-state index is 0.0939. The van der Waals surface area contributed by atoms with Gasteiger partial charge >= 0.3 is 12.1 Å². The second-order valence-corrected chi connectivity index (χ2v) is 4.74. The molecule has 0 aliphatic heterocycles. The molecule has 0 atom stereocenters.